The summed E-state index contributed by atoms with van der Waals surface area (Å²) in [4.78, 5) is 11.3. The van der Waals surface area contributed by atoms with Crippen LogP contribution in [0.25, 0.3) is 0 Å². The van der Waals surface area contributed by atoms with Gasteiger partial charge in [0.25, 0.3) is 0 Å². The molecule has 1 atom stereocenters. The highest BCUT2D eigenvalue weighted by Crippen LogP contribution is 2.14. The first-order chi connectivity index (χ1) is 5.79. The third-order valence-corrected chi connectivity index (χ3v) is 2.34. The van der Waals surface area contributed by atoms with Crippen molar-refractivity contribution in [3.8, 4) is 0 Å². The molecule has 3 nitrogen and oxygen atoms in total. The molecule has 0 aromatic carbocycles. The quantitative estimate of drug-likeness (QED) is 0.602. The van der Waals surface area contributed by atoms with Gasteiger partial charge in [-0.2, -0.15) is 0 Å². The molecule has 0 spiro atoms. The van der Waals surface area contributed by atoms with Crippen LogP contribution in [0.15, 0.2) is 18.3 Å². The number of nitrogens with zero attached hydrogens (tertiary/aromatic N) is 1. The Morgan fingerprint density at radius 3 is 3.33 bits per heavy atom. The molecule has 1 aromatic heterocycles. The molecule has 12 heavy (non-hydrogen) atoms. The average Bonchev–Trinajstić information content (AvgIpc) is 2.46. The Balaban J connectivity index is 2.41. The van der Waals surface area contributed by atoms with Crippen molar-refractivity contribution in [2.24, 2.45) is 0 Å². The van der Waals surface area contributed by atoms with E-state index in [1.165, 1.54) is 5.69 Å². The van der Waals surface area contributed by atoms with Gasteiger partial charge in [0.2, 0.25) is 5.91 Å². The molecule has 2 rings (SSSR count). The van der Waals surface area contributed by atoms with Gasteiger partial charge in [-0.1, -0.05) is 0 Å². The zero-order chi connectivity index (χ0) is 8.55. The van der Waals surface area contributed by atoms with Crippen LogP contribution >= 0.6 is 0 Å². The molecule has 64 valence electrons. The van der Waals surface area contributed by atoms with E-state index >= 15 is 0 Å². The Morgan fingerprint density at radius 2 is 2.50 bits per heavy atom. The van der Waals surface area contributed by atoms with E-state index < -0.39 is 0 Å². The third-order valence-electron chi connectivity index (χ3n) is 2.34. The Kier molecular flexibility index (Phi) is 1.64. The van der Waals surface area contributed by atoms with Gasteiger partial charge >= 0.3 is 0 Å². The first kappa shape index (κ1) is 7.40. The molecule has 1 N–H and O–H groups in total. The fourth-order valence-corrected chi connectivity index (χ4v) is 1.61. The van der Waals surface area contributed by atoms with E-state index in [-0.39, 0.29) is 11.9 Å². The van der Waals surface area contributed by atoms with Crippen molar-refractivity contribution in [3.05, 3.63) is 24.0 Å². The van der Waals surface area contributed by atoms with E-state index in [9.17, 15) is 4.79 Å². The number of aromatic nitrogens is 1. The molecule has 3 heteroatoms. The SMILES string of the molecule is CC1C(=O)NCCc2cccn21. The van der Waals surface area contributed by atoms with Crippen molar-refractivity contribution >= 4 is 5.91 Å². The predicted octanol–water partition coefficient (Wildman–Crippen LogP) is 0.721. The van der Waals surface area contributed by atoms with Gasteiger partial charge < -0.3 is 9.88 Å². The minimum absolute atomic E-state index is 0.0579. The second-order valence-corrected chi connectivity index (χ2v) is 3.12. The first-order valence-corrected chi connectivity index (χ1v) is 4.22. The lowest BCUT2D eigenvalue weighted by Crippen LogP contribution is -2.28. The van der Waals surface area contributed by atoms with Crippen LogP contribution in [0.4, 0.5) is 0 Å². The Hall–Kier alpha value is -1.25. The van der Waals surface area contributed by atoms with E-state index in [0.717, 1.165) is 13.0 Å². The molecule has 0 saturated carbocycles. The second kappa shape index (κ2) is 2.66. The van der Waals surface area contributed by atoms with Gasteiger partial charge in [-0.15, -0.1) is 0 Å². The number of amides is 1. The zero-order valence-electron chi connectivity index (χ0n) is 7.08. The number of hydrogen-bond acceptors (Lipinski definition) is 1. The first-order valence-electron chi connectivity index (χ1n) is 4.22. The van der Waals surface area contributed by atoms with E-state index in [0.29, 0.717) is 0 Å². The Bertz CT molecular complexity index is 303. The number of fused-ring (bicyclic) bond motifs is 1. The molecule has 2 heterocycles. The highest BCUT2D eigenvalue weighted by Gasteiger charge is 2.19. The maximum absolute atomic E-state index is 11.3. The van der Waals surface area contributed by atoms with E-state index in [4.69, 9.17) is 0 Å². The predicted molar refractivity (Wildman–Crippen MR) is 45.9 cm³/mol. The molecule has 1 aromatic rings. The number of carbonyl (C=O) groups excluding carboxylic acids is 1. The van der Waals surface area contributed by atoms with E-state index in [1.807, 2.05) is 23.8 Å². The molecule has 0 saturated heterocycles. The topological polar surface area (TPSA) is 34.0 Å². The maximum atomic E-state index is 11.3. The number of nitrogens with one attached hydrogen (secondary N) is 1. The van der Waals surface area contributed by atoms with Crippen LogP contribution in [0.5, 0.6) is 0 Å². The summed E-state index contributed by atoms with van der Waals surface area (Å²) in [6.07, 6.45) is 2.90. The lowest BCUT2D eigenvalue weighted by molar-refractivity contribution is -0.123. The molecular weight excluding hydrogens is 152 g/mol. The molecule has 1 amide bonds. The van der Waals surface area contributed by atoms with Gasteiger partial charge in [0.1, 0.15) is 6.04 Å². The fourth-order valence-electron chi connectivity index (χ4n) is 1.61. The smallest absolute Gasteiger partial charge is 0.242 e. The van der Waals surface area contributed by atoms with Crippen LogP contribution in [0.3, 0.4) is 0 Å². The molecule has 1 unspecified atom stereocenters. The molecule has 1 aliphatic rings. The highest BCUT2D eigenvalue weighted by atomic mass is 16.2. The van der Waals surface area contributed by atoms with Crippen molar-refractivity contribution in [1.82, 2.24) is 9.88 Å². The van der Waals surface area contributed by atoms with Gasteiger partial charge in [0.15, 0.2) is 0 Å². The van der Waals surface area contributed by atoms with Crippen LogP contribution in [-0.2, 0) is 11.2 Å². The zero-order valence-corrected chi connectivity index (χ0v) is 7.08. The minimum Gasteiger partial charge on any atom is -0.354 e. The summed E-state index contributed by atoms with van der Waals surface area (Å²) >= 11 is 0. The molecule has 1 aliphatic heterocycles. The maximum Gasteiger partial charge on any atom is 0.242 e. The molecule has 0 bridgehead atoms. The van der Waals surface area contributed by atoms with Crippen LogP contribution < -0.4 is 5.32 Å². The minimum atomic E-state index is -0.0579. The molecular formula is C9H12N2O. The summed E-state index contributed by atoms with van der Waals surface area (Å²) in [6.45, 7) is 2.68. The van der Waals surface area contributed by atoms with Gasteiger partial charge in [-0.3, -0.25) is 4.79 Å². The standard InChI is InChI=1S/C9H12N2O/c1-7-9(12)10-5-4-8-3-2-6-11(7)8/h2-3,6-7H,4-5H2,1H3,(H,10,12). The summed E-state index contributed by atoms with van der Waals surface area (Å²) < 4.78 is 2.03. The lowest BCUT2D eigenvalue weighted by Gasteiger charge is -2.11. The second-order valence-electron chi connectivity index (χ2n) is 3.12. The number of hydrogen-bond donors (Lipinski definition) is 1. The van der Waals surface area contributed by atoms with Crippen LogP contribution in [0, 0.1) is 0 Å². The van der Waals surface area contributed by atoms with Crippen molar-refractivity contribution in [2.45, 2.75) is 19.4 Å². The monoisotopic (exact) mass is 164 g/mol. The van der Waals surface area contributed by atoms with Crippen molar-refractivity contribution in [2.75, 3.05) is 6.54 Å². The van der Waals surface area contributed by atoms with Crippen LogP contribution in [0.2, 0.25) is 0 Å². The summed E-state index contributed by atoms with van der Waals surface area (Å²) in [5.74, 6) is 0.116. The van der Waals surface area contributed by atoms with Gasteiger partial charge in [-0.25, -0.2) is 0 Å². The molecule has 0 fully saturated rings. The summed E-state index contributed by atoms with van der Waals surface area (Å²) in [6, 6.07) is 4.00. The van der Waals surface area contributed by atoms with E-state index in [1.54, 1.807) is 0 Å². The summed E-state index contributed by atoms with van der Waals surface area (Å²) in [5, 5.41) is 2.87. The lowest BCUT2D eigenvalue weighted by atomic mass is 10.3. The Labute approximate surface area is 71.4 Å². The van der Waals surface area contributed by atoms with E-state index in [2.05, 4.69) is 11.4 Å². The number of carbonyl (C=O) groups is 1. The number of rotatable bonds is 0. The third kappa shape index (κ3) is 1.02. The van der Waals surface area contributed by atoms with Crippen molar-refractivity contribution in [3.63, 3.8) is 0 Å². The van der Waals surface area contributed by atoms with Crippen LogP contribution in [0.1, 0.15) is 18.7 Å². The average molecular weight is 164 g/mol. The van der Waals surface area contributed by atoms with Crippen LogP contribution in [-0.4, -0.2) is 17.0 Å². The van der Waals surface area contributed by atoms with Crippen molar-refractivity contribution in [1.29, 1.82) is 0 Å². The normalized spacial score (nSPS) is 22.8. The van der Waals surface area contributed by atoms with Gasteiger partial charge in [-0.05, 0) is 19.1 Å². The highest BCUT2D eigenvalue weighted by molar-refractivity contribution is 5.80. The molecule has 0 radical (unpaired) electrons. The summed E-state index contributed by atoms with van der Waals surface area (Å²) in [7, 11) is 0. The fraction of sp³-hybridized carbons (Fsp3) is 0.444. The van der Waals surface area contributed by atoms with Crippen molar-refractivity contribution < 1.29 is 4.79 Å². The Morgan fingerprint density at radius 1 is 1.67 bits per heavy atom. The van der Waals surface area contributed by atoms with Gasteiger partial charge in [0, 0.05) is 24.9 Å². The summed E-state index contributed by atoms with van der Waals surface area (Å²) in [5.41, 5.74) is 1.24. The van der Waals surface area contributed by atoms with Gasteiger partial charge in [0.05, 0.1) is 0 Å². The molecule has 0 aliphatic carbocycles. The largest absolute Gasteiger partial charge is 0.354 e.